The third-order valence-corrected chi connectivity index (χ3v) is 7.98. The number of nitrogens with one attached hydrogen (secondary N) is 2. The minimum absolute atomic E-state index is 0.00215. The third kappa shape index (κ3) is 6.23. The number of carbonyl (C=O) groups is 4. The molecule has 4 amide bonds. The monoisotopic (exact) mass is 516 g/mol. The second kappa shape index (κ2) is 11.8. The first-order chi connectivity index (χ1) is 18.5. The molecule has 0 atom stereocenters. The molecule has 2 saturated heterocycles. The van der Waals surface area contributed by atoms with Gasteiger partial charge in [0.2, 0.25) is 17.7 Å². The van der Waals surface area contributed by atoms with Gasteiger partial charge in [-0.2, -0.15) is 0 Å². The fourth-order valence-electron chi connectivity index (χ4n) is 5.50. The molecule has 38 heavy (non-hydrogen) atoms. The van der Waals surface area contributed by atoms with E-state index in [1.54, 1.807) is 24.3 Å². The predicted molar refractivity (Wildman–Crippen MR) is 146 cm³/mol. The van der Waals surface area contributed by atoms with Gasteiger partial charge >= 0.3 is 0 Å². The molecule has 8 heteroatoms. The number of hydrogen-bond donors (Lipinski definition) is 2. The van der Waals surface area contributed by atoms with Crippen LogP contribution in [0.15, 0.2) is 48.5 Å². The lowest BCUT2D eigenvalue weighted by atomic mass is 9.83. The van der Waals surface area contributed by atoms with Crippen molar-refractivity contribution in [2.75, 3.05) is 36.8 Å². The molecule has 2 aromatic carbocycles. The maximum absolute atomic E-state index is 12.9. The summed E-state index contributed by atoms with van der Waals surface area (Å²) >= 11 is 0. The van der Waals surface area contributed by atoms with Crippen molar-refractivity contribution in [2.24, 2.45) is 11.8 Å². The molecule has 8 nitrogen and oxygen atoms in total. The lowest BCUT2D eigenvalue weighted by molar-refractivity contribution is -0.140. The molecule has 0 unspecified atom stereocenters. The number of nitrogens with zero attached hydrogens (tertiary/aromatic N) is 2. The quantitative estimate of drug-likeness (QED) is 0.579. The van der Waals surface area contributed by atoms with Gasteiger partial charge in [-0.1, -0.05) is 24.6 Å². The van der Waals surface area contributed by atoms with Gasteiger partial charge in [0.05, 0.1) is 6.42 Å². The molecular weight excluding hydrogens is 480 g/mol. The first-order valence-electron chi connectivity index (χ1n) is 13.8. The van der Waals surface area contributed by atoms with Crippen molar-refractivity contribution in [2.45, 2.75) is 51.4 Å². The lowest BCUT2D eigenvalue weighted by Gasteiger charge is -2.36. The second-order valence-electron chi connectivity index (χ2n) is 10.7. The summed E-state index contributed by atoms with van der Waals surface area (Å²) in [5.74, 6) is 0.0953. The fourth-order valence-corrected chi connectivity index (χ4v) is 5.50. The summed E-state index contributed by atoms with van der Waals surface area (Å²) in [5.41, 5.74) is 2.61. The molecule has 1 saturated carbocycles. The van der Waals surface area contributed by atoms with Gasteiger partial charge in [-0.15, -0.1) is 0 Å². The molecule has 2 N–H and O–H groups in total. The summed E-state index contributed by atoms with van der Waals surface area (Å²) in [5, 5.41) is 5.88. The number of amides is 4. The smallest absolute Gasteiger partial charge is 0.253 e. The minimum atomic E-state index is -0.192. The maximum atomic E-state index is 12.9. The molecule has 2 aliphatic heterocycles. The molecule has 0 spiro atoms. The normalized spacial score (nSPS) is 18.1. The van der Waals surface area contributed by atoms with Crippen LogP contribution < -0.4 is 10.6 Å². The average Bonchev–Trinajstić information content (AvgIpc) is 3.43. The van der Waals surface area contributed by atoms with E-state index in [-0.39, 0.29) is 41.9 Å². The van der Waals surface area contributed by atoms with Crippen LogP contribution in [-0.4, -0.2) is 59.6 Å². The Kier molecular flexibility index (Phi) is 8.05. The molecule has 5 rings (SSSR count). The van der Waals surface area contributed by atoms with E-state index in [0.717, 1.165) is 50.8 Å². The Labute approximate surface area is 223 Å². The third-order valence-electron chi connectivity index (χ3n) is 7.98. The van der Waals surface area contributed by atoms with Crippen LogP contribution in [0.1, 0.15) is 60.9 Å². The van der Waals surface area contributed by atoms with Crippen molar-refractivity contribution in [3.63, 3.8) is 0 Å². The number of carbonyl (C=O) groups excluding carboxylic acids is 4. The van der Waals surface area contributed by atoms with Crippen LogP contribution in [0.4, 0.5) is 11.4 Å². The summed E-state index contributed by atoms with van der Waals surface area (Å²) in [4.78, 5) is 54.5. The molecule has 3 aliphatic rings. The Morgan fingerprint density at radius 2 is 1.39 bits per heavy atom. The highest BCUT2D eigenvalue weighted by Gasteiger charge is 2.33. The number of anilines is 2. The van der Waals surface area contributed by atoms with Crippen LogP contribution in [0.25, 0.3) is 0 Å². The summed E-state index contributed by atoms with van der Waals surface area (Å²) in [7, 11) is 0. The van der Waals surface area contributed by atoms with Gasteiger partial charge < -0.3 is 20.4 Å². The molecule has 0 radical (unpaired) electrons. The molecule has 1 aliphatic carbocycles. The Balaban J connectivity index is 1.11. The number of benzene rings is 2. The predicted octanol–water partition coefficient (Wildman–Crippen LogP) is 4.08. The van der Waals surface area contributed by atoms with Crippen LogP contribution in [0, 0.1) is 11.8 Å². The average molecular weight is 517 g/mol. The van der Waals surface area contributed by atoms with Crippen molar-refractivity contribution in [1.82, 2.24) is 9.80 Å². The molecule has 2 aromatic rings. The highest BCUT2D eigenvalue weighted by Crippen LogP contribution is 2.30. The molecule has 3 fully saturated rings. The van der Waals surface area contributed by atoms with Gasteiger partial charge in [0.1, 0.15) is 0 Å². The van der Waals surface area contributed by atoms with E-state index in [1.165, 1.54) is 0 Å². The molecule has 200 valence electrons. The van der Waals surface area contributed by atoms with Crippen molar-refractivity contribution in [3.8, 4) is 0 Å². The standard InChI is InChI=1S/C30H36N4O4/c35-27(31-26-11-5-9-24(20-26)30(38)33-14-1-2-15-33)19-21-6-3-10-25(18-21)32-28(36)22-12-16-34(17-13-22)29(37)23-7-4-8-23/h3,5-6,9-11,18,20,22-23H,1-2,4,7-8,12-17,19H2,(H,31,35)(H,32,36). The van der Waals surface area contributed by atoms with E-state index >= 15 is 0 Å². The van der Waals surface area contributed by atoms with Crippen molar-refractivity contribution in [3.05, 3.63) is 59.7 Å². The van der Waals surface area contributed by atoms with Gasteiger partial charge in [0.25, 0.3) is 5.91 Å². The van der Waals surface area contributed by atoms with E-state index in [9.17, 15) is 19.2 Å². The van der Waals surface area contributed by atoms with E-state index in [4.69, 9.17) is 0 Å². The number of hydrogen-bond acceptors (Lipinski definition) is 4. The van der Waals surface area contributed by atoms with Gasteiger partial charge in [-0.25, -0.2) is 0 Å². The van der Waals surface area contributed by atoms with Gasteiger partial charge in [0.15, 0.2) is 0 Å². The van der Waals surface area contributed by atoms with E-state index < -0.39 is 0 Å². The summed E-state index contributed by atoms with van der Waals surface area (Å²) in [6, 6.07) is 14.4. The van der Waals surface area contributed by atoms with E-state index in [2.05, 4.69) is 10.6 Å². The first kappa shape index (κ1) is 25.9. The Morgan fingerprint density at radius 3 is 2.08 bits per heavy atom. The zero-order valence-electron chi connectivity index (χ0n) is 21.8. The zero-order chi connectivity index (χ0) is 26.5. The maximum Gasteiger partial charge on any atom is 0.253 e. The summed E-state index contributed by atoms with van der Waals surface area (Å²) in [6.07, 6.45) is 6.69. The largest absolute Gasteiger partial charge is 0.342 e. The molecule has 2 heterocycles. The fraction of sp³-hybridized carbons (Fsp3) is 0.467. The number of rotatable bonds is 7. The molecule has 0 aromatic heterocycles. The SMILES string of the molecule is O=C(Cc1cccc(NC(=O)C2CCN(C(=O)C3CCC3)CC2)c1)Nc1cccc(C(=O)N2CCCC2)c1. The van der Waals surface area contributed by atoms with Gasteiger partial charge in [-0.05, 0) is 74.4 Å². The van der Waals surface area contributed by atoms with Crippen LogP contribution in [-0.2, 0) is 20.8 Å². The second-order valence-corrected chi connectivity index (χ2v) is 10.7. The zero-order valence-corrected chi connectivity index (χ0v) is 21.8. The van der Waals surface area contributed by atoms with Crippen molar-refractivity contribution >= 4 is 35.0 Å². The van der Waals surface area contributed by atoms with Crippen LogP contribution in [0.2, 0.25) is 0 Å². The highest BCUT2D eigenvalue weighted by atomic mass is 16.2. The first-order valence-corrected chi connectivity index (χ1v) is 13.8. The van der Waals surface area contributed by atoms with Crippen LogP contribution in [0.3, 0.4) is 0 Å². The summed E-state index contributed by atoms with van der Waals surface area (Å²) in [6.45, 7) is 2.83. The van der Waals surface area contributed by atoms with Crippen LogP contribution in [0.5, 0.6) is 0 Å². The highest BCUT2D eigenvalue weighted by molar-refractivity contribution is 5.98. The number of piperidine rings is 1. The lowest BCUT2D eigenvalue weighted by Crippen LogP contribution is -2.45. The van der Waals surface area contributed by atoms with Crippen LogP contribution >= 0.6 is 0 Å². The van der Waals surface area contributed by atoms with E-state index in [1.807, 2.05) is 34.1 Å². The number of likely N-dealkylation sites (tertiary alicyclic amines) is 2. The topological polar surface area (TPSA) is 98.8 Å². The molecule has 0 bridgehead atoms. The Bertz CT molecular complexity index is 1190. The summed E-state index contributed by atoms with van der Waals surface area (Å²) < 4.78 is 0. The van der Waals surface area contributed by atoms with Crippen molar-refractivity contribution in [1.29, 1.82) is 0 Å². The Hall–Kier alpha value is -3.68. The van der Waals surface area contributed by atoms with Gasteiger partial charge in [0, 0.05) is 55.0 Å². The van der Waals surface area contributed by atoms with E-state index in [0.29, 0.717) is 42.9 Å². The minimum Gasteiger partial charge on any atom is -0.342 e. The molecular formula is C30H36N4O4. The van der Waals surface area contributed by atoms with Gasteiger partial charge in [-0.3, -0.25) is 19.2 Å². The van der Waals surface area contributed by atoms with Crippen molar-refractivity contribution < 1.29 is 19.2 Å². The Morgan fingerprint density at radius 1 is 0.711 bits per heavy atom.